The summed E-state index contributed by atoms with van der Waals surface area (Å²) in [7, 11) is 0. The third-order valence-electron chi connectivity index (χ3n) is 4.53. The predicted octanol–water partition coefficient (Wildman–Crippen LogP) is 3.14. The van der Waals surface area contributed by atoms with E-state index in [0.717, 1.165) is 11.1 Å². The number of carboxylic acids is 1. The highest BCUT2D eigenvalue weighted by molar-refractivity contribution is 6.30. The summed E-state index contributed by atoms with van der Waals surface area (Å²) in [6.07, 6.45) is 0.715. The Kier molecular flexibility index (Phi) is 5.53. The molecule has 8 heteroatoms. The number of nitrogens with zero attached hydrogens (tertiary/aromatic N) is 1. The number of carboxylic acid groups (broad SMARTS) is 1. The summed E-state index contributed by atoms with van der Waals surface area (Å²) in [4.78, 5) is 30.9. The molecule has 27 heavy (non-hydrogen) atoms. The second-order valence-corrected chi connectivity index (χ2v) is 7.17. The number of nitrogens with one attached hydrogen (secondary N) is 2. The van der Waals surface area contributed by atoms with Crippen LogP contribution in [0.25, 0.3) is 0 Å². The van der Waals surface area contributed by atoms with Gasteiger partial charge in [0.1, 0.15) is 6.10 Å². The third-order valence-corrected chi connectivity index (χ3v) is 4.85. The van der Waals surface area contributed by atoms with Gasteiger partial charge in [-0.2, -0.15) is 0 Å². The molecule has 1 aromatic heterocycles. The standard InChI is InChI=1S/C19H22ClN3O4/c1-4-13-16(20)23-17(21-13)18(24)22-14-8-11-7-10(19(25)26)5-6-12(11)15(14)27-9(2)3/h5-7,9,14-15H,4,8H2,1-3H3,(H,21,23)(H,22,24)(H,25,26)/t14-,15+/m1/s1. The van der Waals surface area contributed by atoms with Gasteiger partial charge >= 0.3 is 5.97 Å². The molecule has 1 aliphatic carbocycles. The van der Waals surface area contributed by atoms with E-state index in [2.05, 4.69) is 15.3 Å². The van der Waals surface area contributed by atoms with Gasteiger partial charge in [-0.05, 0) is 49.9 Å². The number of carbonyl (C=O) groups is 2. The lowest BCUT2D eigenvalue weighted by Gasteiger charge is -2.24. The van der Waals surface area contributed by atoms with Gasteiger partial charge in [-0.15, -0.1) is 0 Å². The van der Waals surface area contributed by atoms with Gasteiger partial charge in [-0.1, -0.05) is 24.6 Å². The number of benzene rings is 1. The molecule has 0 unspecified atom stereocenters. The highest BCUT2D eigenvalue weighted by Gasteiger charge is 2.36. The number of rotatable bonds is 6. The number of hydrogen-bond acceptors (Lipinski definition) is 4. The Labute approximate surface area is 162 Å². The van der Waals surface area contributed by atoms with Crippen LogP contribution in [0.3, 0.4) is 0 Å². The van der Waals surface area contributed by atoms with Crippen LogP contribution in [0.2, 0.25) is 5.15 Å². The fourth-order valence-electron chi connectivity index (χ4n) is 3.31. The first-order valence-electron chi connectivity index (χ1n) is 8.87. The number of aromatic carboxylic acids is 1. The molecule has 1 heterocycles. The summed E-state index contributed by atoms with van der Waals surface area (Å²) in [5.41, 5.74) is 2.68. The van der Waals surface area contributed by atoms with Crippen molar-refractivity contribution in [3.63, 3.8) is 0 Å². The van der Waals surface area contributed by atoms with Crippen LogP contribution in [0.4, 0.5) is 0 Å². The number of ether oxygens (including phenoxy) is 1. The Balaban J connectivity index is 1.84. The number of imidazole rings is 1. The Morgan fingerprint density at radius 1 is 1.44 bits per heavy atom. The number of fused-ring (bicyclic) bond motifs is 1. The summed E-state index contributed by atoms with van der Waals surface area (Å²) in [5.74, 6) is -1.20. The maximum Gasteiger partial charge on any atom is 0.335 e. The lowest BCUT2D eigenvalue weighted by Crippen LogP contribution is -2.39. The zero-order chi connectivity index (χ0) is 19.7. The lowest BCUT2D eigenvalue weighted by molar-refractivity contribution is -0.00807. The van der Waals surface area contributed by atoms with E-state index in [1.165, 1.54) is 0 Å². The minimum absolute atomic E-state index is 0.0516. The molecule has 7 nitrogen and oxygen atoms in total. The molecule has 0 spiro atoms. The van der Waals surface area contributed by atoms with Gasteiger partial charge in [0.05, 0.1) is 23.4 Å². The summed E-state index contributed by atoms with van der Waals surface area (Å²) in [6.45, 7) is 5.76. The largest absolute Gasteiger partial charge is 0.478 e. The van der Waals surface area contributed by atoms with E-state index in [-0.39, 0.29) is 35.5 Å². The maximum atomic E-state index is 12.6. The van der Waals surface area contributed by atoms with Crippen LogP contribution in [0.5, 0.6) is 0 Å². The molecule has 0 fully saturated rings. The number of carbonyl (C=O) groups excluding carboxylic acids is 1. The van der Waals surface area contributed by atoms with Crippen molar-refractivity contribution in [2.45, 2.75) is 51.9 Å². The topological polar surface area (TPSA) is 104 Å². The van der Waals surface area contributed by atoms with Crippen LogP contribution in [0, 0.1) is 0 Å². The number of H-pyrrole nitrogens is 1. The highest BCUT2D eigenvalue weighted by atomic mass is 35.5. The van der Waals surface area contributed by atoms with Crippen molar-refractivity contribution < 1.29 is 19.4 Å². The minimum atomic E-state index is -0.982. The number of hydrogen-bond donors (Lipinski definition) is 3. The zero-order valence-corrected chi connectivity index (χ0v) is 16.1. The lowest BCUT2D eigenvalue weighted by atomic mass is 10.1. The van der Waals surface area contributed by atoms with Crippen LogP contribution >= 0.6 is 11.6 Å². The van der Waals surface area contributed by atoms with Crippen molar-refractivity contribution in [2.75, 3.05) is 0 Å². The molecule has 2 aromatic rings. The predicted molar refractivity (Wildman–Crippen MR) is 100 cm³/mol. The fourth-order valence-corrected chi connectivity index (χ4v) is 3.57. The molecule has 1 aliphatic rings. The van der Waals surface area contributed by atoms with Gasteiger partial charge in [0, 0.05) is 0 Å². The Morgan fingerprint density at radius 2 is 2.19 bits per heavy atom. The second kappa shape index (κ2) is 7.70. The Hall–Kier alpha value is -2.38. The van der Waals surface area contributed by atoms with E-state index >= 15 is 0 Å². The summed E-state index contributed by atoms with van der Waals surface area (Å²) >= 11 is 6.02. The summed E-state index contributed by atoms with van der Waals surface area (Å²) in [6, 6.07) is 4.63. The summed E-state index contributed by atoms with van der Waals surface area (Å²) < 4.78 is 6.02. The molecule has 2 atom stereocenters. The first-order chi connectivity index (χ1) is 12.8. The molecule has 144 valence electrons. The molecule has 0 bridgehead atoms. The van der Waals surface area contributed by atoms with Crippen LogP contribution in [-0.4, -0.2) is 39.1 Å². The molecule has 3 N–H and O–H groups in total. The quantitative estimate of drug-likeness (QED) is 0.701. The van der Waals surface area contributed by atoms with Crippen LogP contribution in [0.1, 0.15) is 64.7 Å². The van der Waals surface area contributed by atoms with Gasteiger partial charge in [0.15, 0.2) is 11.0 Å². The minimum Gasteiger partial charge on any atom is -0.478 e. The molecule has 0 saturated carbocycles. The van der Waals surface area contributed by atoms with Gasteiger partial charge in [0.2, 0.25) is 0 Å². The normalized spacial score (nSPS) is 18.6. The molecule has 0 aliphatic heterocycles. The fraction of sp³-hybridized carbons (Fsp3) is 0.421. The number of aryl methyl sites for hydroxylation is 1. The number of halogens is 1. The van der Waals surface area contributed by atoms with Crippen molar-refractivity contribution in [1.29, 1.82) is 0 Å². The average Bonchev–Trinajstić information content (AvgIpc) is 3.14. The van der Waals surface area contributed by atoms with Crippen molar-refractivity contribution in [3.05, 3.63) is 51.6 Å². The first-order valence-corrected chi connectivity index (χ1v) is 9.24. The van der Waals surface area contributed by atoms with Crippen LogP contribution in [0.15, 0.2) is 18.2 Å². The SMILES string of the molecule is CCc1[nH]c(C(=O)N[C@@H]2Cc3cc(C(=O)O)ccc3[C@@H]2OC(C)C)nc1Cl. The van der Waals surface area contributed by atoms with E-state index in [4.69, 9.17) is 16.3 Å². The van der Waals surface area contributed by atoms with E-state index in [9.17, 15) is 14.7 Å². The van der Waals surface area contributed by atoms with Crippen molar-refractivity contribution in [2.24, 2.45) is 0 Å². The molecular formula is C19H22ClN3O4. The van der Waals surface area contributed by atoms with Crippen molar-refractivity contribution in [3.8, 4) is 0 Å². The van der Waals surface area contributed by atoms with Gasteiger partial charge < -0.3 is 20.1 Å². The second-order valence-electron chi connectivity index (χ2n) is 6.82. The Bertz CT molecular complexity index is 878. The van der Waals surface area contributed by atoms with Crippen LogP contribution < -0.4 is 5.32 Å². The maximum absolute atomic E-state index is 12.6. The van der Waals surface area contributed by atoms with Crippen molar-refractivity contribution in [1.82, 2.24) is 15.3 Å². The van der Waals surface area contributed by atoms with Crippen molar-refractivity contribution >= 4 is 23.5 Å². The molecule has 0 saturated heterocycles. The molecule has 3 rings (SSSR count). The van der Waals surface area contributed by atoms with Gasteiger partial charge in [-0.25, -0.2) is 9.78 Å². The molecule has 1 aromatic carbocycles. The van der Waals surface area contributed by atoms with E-state index in [1.54, 1.807) is 18.2 Å². The van der Waals surface area contributed by atoms with E-state index in [1.807, 2.05) is 20.8 Å². The molecular weight excluding hydrogens is 370 g/mol. The third kappa shape index (κ3) is 3.99. The van der Waals surface area contributed by atoms with Gasteiger partial charge in [0.25, 0.3) is 5.91 Å². The average molecular weight is 392 g/mol. The Morgan fingerprint density at radius 3 is 2.78 bits per heavy atom. The van der Waals surface area contributed by atoms with E-state index < -0.39 is 5.97 Å². The monoisotopic (exact) mass is 391 g/mol. The number of aromatic amines is 1. The number of aromatic nitrogens is 2. The first kappa shape index (κ1) is 19.4. The summed E-state index contributed by atoms with van der Waals surface area (Å²) in [5, 5.41) is 12.5. The molecule has 0 radical (unpaired) electrons. The van der Waals surface area contributed by atoms with Crippen LogP contribution in [-0.2, 0) is 17.6 Å². The highest BCUT2D eigenvalue weighted by Crippen LogP contribution is 2.36. The number of amides is 1. The molecule has 1 amide bonds. The van der Waals surface area contributed by atoms with Gasteiger partial charge in [-0.3, -0.25) is 4.79 Å². The zero-order valence-electron chi connectivity index (χ0n) is 15.4. The smallest absolute Gasteiger partial charge is 0.335 e. The van der Waals surface area contributed by atoms with E-state index in [0.29, 0.717) is 23.7 Å².